The lowest BCUT2D eigenvalue weighted by Crippen LogP contribution is -2.36. The predicted octanol–water partition coefficient (Wildman–Crippen LogP) is 5.76. The molecule has 0 saturated carbocycles. The summed E-state index contributed by atoms with van der Waals surface area (Å²) in [4.78, 5) is 51.3. The Balaban J connectivity index is 1.68. The van der Waals surface area contributed by atoms with E-state index in [4.69, 9.17) is 21.1 Å². The maximum atomic E-state index is 12.9. The van der Waals surface area contributed by atoms with Crippen molar-refractivity contribution in [1.29, 1.82) is 0 Å². The molecule has 3 amide bonds. The van der Waals surface area contributed by atoms with Gasteiger partial charge in [0.2, 0.25) is 5.91 Å². The van der Waals surface area contributed by atoms with Gasteiger partial charge in [0.15, 0.2) is 0 Å². The zero-order valence-corrected chi connectivity index (χ0v) is 21.8. The quantitative estimate of drug-likeness (QED) is 0.237. The number of anilines is 1. The maximum Gasteiger partial charge on any atom is 0.339 e. The lowest BCUT2D eigenvalue weighted by atomic mass is 10.2. The van der Waals surface area contributed by atoms with Crippen LogP contribution >= 0.6 is 23.4 Å². The second kappa shape index (κ2) is 12.6. The number of hydrogen-bond donors (Lipinski definition) is 1. The number of carbonyl (C=O) groups excluding carboxylic acids is 4. The number of amides is 3. The first kappa shape index (κ1) is 27.3. The van der Waals surface area contributed by atoms with Crippen molar-refractivity contribution >= 4 is 58.1 Å². The van der Waals surface area contributed by atoms with E-state index in [-0.39, 0.29) is 33.9 Å². The van der Waals surface area contributed by atoms with Gasteiger partial charge in [-0.2, -0.15) is 0 Å². The van der Waals surface area contributed by atoms with Crippen molar-refractivity contribution < 1.29 is 28.7 Å². The average molecular weight is 531 g/mol. The number of esters is 1. The number of rotatable bonds is 10. The van der Waals surface area contributed by atoms with E-state index in [9.17, 15) is 19.2 Å². The summed E-state index contributed by atoms with van der Waals surface area (Å²) >= 11 is 6.86. The Kier molecular flexibility index (Phi) is 9.55. The molecule has 2 aromatic rings. The Labute approximate surface area is 219 Å². The summed E-state index contributed by atoms with van der Waals surface area (Å²) < 4.78 is 11.0. The Hall–Kier alpha value is -3.30. The third-order valence-corrected chi connectivity index (χ3v) is 6.18. The van der Waals surface area contributed by atoms with E-state index in [0.29, 0.717) is 11.3 Å². The SMILES string of the molecule is CCCCOC(=O)c1cc(NC(=O)CN2C(=O)S/C(=C\c3ccccc3OC(C)C)C2=O)ccc1Cl. The minimum Gasteiger partial charge on any atom is -0.490 e. The third-order valence-electron chi connectivity index (χ3n) is 4.94. The second-order valence-electron chi connectivity index (χ2n) is 8.20. The lowest BCUT2D eigenvalue weighted by Gasteiger charge is -2.14. The van der Waals surface area contributed by atoms with E-state index >= 15 is 0 Å². The van der Waals surface area contributed by atoms with Crippen molar-refractivity contribution in [3.63, 3.8) is 0 Å². The van der Waals surface area contributed by atoms with E-state index in [1.807, 2.05) is 26.8 Å². The van der Waals surface area contributed by atoms with Crippen molar-refractivity contribution in [3.8, 4) is 5.75 Å². The molecule has 0 bridgehead atoms. The van der Waals surface area contributed by atoms with Gasteiger partial charge in [0.1, 0.15) is 12.3 Å². The molecule has 1 aliphatic rings. The number of unbranched alkanes of at least 4 members (excludes halogenated alkanes) is 1. The van der Waals surface area contributed by atoms with E-state index in [1.54, 1.807) is 24.3 Å². The van der Waals surface area contributed by atoms with Gasteiger partial charge in [0.25, 0.3) is 11.1 Å². The maximum absolute atomic E-state index is 12.9. The molecular formula is C26H27ClN2O6S. The zero-order chi connectivity index (χ0) is 26.2. The Morgan fingerprint density at radius 3 is 2.64 bits per heavy atom. The van der Waals surface area contributed by atoms with Crippen molar-refractivity contribution in [1.82, 2.24) is 4.90 Å². The van der Waals surface area contributed by atoms with Crippen LogP contribution in [0.3, 0.4) is 0 Å². The summed E-state index contributed by atoms with van der Waals surface area (Å²) in [7, 11) is 0. The van der Waals surface area contributed by atoms with Crippen LogP contribution in [0, 0.1) is 0 Å². The molecule has 3 rings (SSSR count). The van der Waals surface area contributed by atoms with Crippen LogP contribution in [-0.2, 0) is 14.3 Å². The molecule has 1 saturated heterocycles. The number of para-hydroxylation sites is 1. The van der Waals surface area contributed by atoms with Gasteiger partial charge in [-0.05, 0) is 62.4 Å². The standard InChI is InChI=1S/C26H27ClN2O6S/c1-4-5-12-34-25(32)19-14-18(10-11-20(19)27)28-23(30)15-29-24(31)22(36-26(29)33)13-17-8-6-7-9-21(17)35-16(2)3/h6-11,13-14,16H,4-5,12,15H2,1-3H3,(H,28,30)/b22-13-. The summed E-state index contributed by atoms with van der Waals surface area (Å²) in [5, 5.41) is 2.23. The molecule has 0 spiro atoms. The highest BCUT2D eigenvalue weighted by Crippen LogP contribution is 2.34. The monoisotopic (exact) mass is 530 g/mol. The highest BCUT2D eigenvalue weighted by molar-refractivity contribution is 8.18. The number of carbonyl (C=O) groups is 4. The summed E-state index contributed by atoms with van der Waals surface area (Å²) in [5.74, 6) is -1.18. The molecule has 0 aromatic heterocycles. The molecule has 2 aromatic carbocycles. The molecule has 1 N–H and O–H groups in total. The Bertz CT molecular complexity index is 1200. The first-order valence-corrected chi connectivity index (χ1v) is 12.7. The molecule has 0 atom stereocenters. The number of nitrogens with zero attached hydrogens (tertiary/aromatic N) is 1. The summed E-state index contributed by atoms with van der Waals surface area (Å²) in [6.45, 7) is 5.54. The van der Waals surface area contributed by atoms with Crippen LogP contribution in [0.4, 0.5) is 10.5 Å². The van der Waals surface area contributed by atoms with Gasteiger partial charge in [-0.15, -0.1) is 0 Å². The van der Waals surface area contributed by atoms with Crippen LogP contribution in [0.15, 0.2) is 47.4 Å². The number of halogens is 1. The first-order chi connectivity index (χ1) is 17.2. The van der Waals surface area contributed by atoms with Crippen molar-refractivity contribution in [2.45, 2.75) is 39.7 Å². The fraction of sp³-hybridized carbons (Fsp3) is 0.308. The molecule has 8 nitrogen and oxygen atoms in total. The van der Waals surface area contributed by atoms with Crippen molar-refractivity contribution in [2.24, 2.45) is 0 Å². The summed E-state index contributed by atoms with van der Waals surface area (Å²) in [6.07, 6.45) is 3.11. The van der Waals surface area contributed by atoms with E-state index in [2.05, 4.69) is 5.32 Å². The fourth-order valence-electron chi connectivity index (χ4n) is 3.23. The van der Waals surface area contributed by atoms with Crippen LogP contribution in [0.2, 0.25) is 5.02 Å². The van der Waals surface area contributed by atoms with Gasteiger partial charge in [0, 0.05) is 11.3 Å². The van der Waals surface area contributed by atoms with Crippen LogP contribution < -0.4 is 10.1 Å². The van der Waals surface area contributed by atoms with Gasteiger partial charge in [-0.3, -0.25) is 19.3 Å². The topological polar surface area (TPSA) is 102 Å². The predicted molar refractivity (Wildman–Crippen MR) is 140 cm³/mol. The molecule has 1 aliphatic heterocycles. The third kappa shape index (κ3) is 7.11. The highest BCUT2D eigenvalue weighted by atomic mass is 35.5. The largest absolute Gasteiger partial charge is 0.490 e. The fourth-order valence-corrected chi connectivity index (χ4v) is 4.25. The first-order valence-electron chi connectivity index (χ1n) is 11.5. The van der Waals surface area contributed by atoms with Crippen molar-refractivity contribution in [2.75, 3.05) is 18.5 Å². The van der Waals surface area contributed by atoms with E-state index in [1.165, 1.54) is 18.2 Å². The molecule has 0 aliphatic carbocycles. The van der Waals surface area contributed by atoms with Crippen LogP contribution in [-0.4, -0.2) is 47.2 Å². The highest BCUT2D eigenvalue weighted by Gasteiger charge is 2.36. The number of hydrogen-bond acceptors (Lipinski definition) is 7. The molecule has 0 unspecified atom stereocenters. The number of ether oxygens (including phenoxy) is 2. The Morgan fingerprint density at radius 1 is 1.17 bits per heavy atom. The van der Waals surface area contributed by atoms with Crippen LogP contribution in [0.25, 0.3) is 6.08 Å². The minimum atomic E-state index is -0.602. The molecule has 1 fully saturated rings. The molecule has 36 heavy (non-hydrogen) atoms. The second-order valence-corrected chi connectivity index (χ2v) is 9.60. The minimum absolute atomic E-state index is 0.0649. The number of imide groups is 1. The summed E-state index contributed by atoms with van der Waals surface area (Å²) in [5.41, 5.74) is 1.05. The molecular weight excluding hydrogens is 504 g/mol. The van der Waals surface area contributed by atoms with Gasteiger partial charge in [-0.1, -0.05) is 43.1 Å². The van der Waals surface area contributed by atoms with Gasteiger partial charge >= 0.3 is 5.97 Å². The Morgan fingerprint density at radius 2 is 1.92 bits per heavy atom. The number of benzene rings is 2. The average Bonchev–Trinajstić information content (AvgIpc) is 3.08. The molecule has 0 radical (unpaired) electrons. The number of thioether (sulfide) groups is 1. The van der Waals surface area contributed by atoms with E-state index in [0.717, 1.165) is 29.5 Å². The van der Waals surface area contributed by atoms with Gasteiger partial charge in [0.05, 0.1) is 28.2 Å². The smallest absolute Gasteiger partial charge is 0.339 e. The van der Waals surface area contributed by atoms with Gasteiger partial charge < -0.3 is 14.8 Å². The summed E-state index contributed by atoms with van der Waals surface area (Å²) in [6, 6.07) is 11.6. The van der Waals surface area contributed by atoms with Gasteiger partial charge in [-0.25, -0.2) is 4.79 Å². The van der Waals surface area contributed by atoms with Crippen LogP contribution in [0.1, 0.15) is 49.5 Å². The normalized spacial score (nSPS) is 14.5. The lowest BCUT2D eigenvalue weighted by molar-refractivity contribution is -0.127. The van der Waals surface area contributed by atoms with Crippen LogP contribution in [0.5, 0.6) is 5.75 Å². The zero-order valence-electron chi connectivity index (χ0n) is 20.2. The molecule has 10 heteroatoms. The van der Waals surface area contributed by atoms with Crippen molar-refractivity contribution in [3.05, 3.63) is 63.5 Å². The molecule has 190 valence electrons. The van der Waals surface area contributed by atoms with E-state index < -0.39 is 29.6 Å². The molecule has 1 heterocycles. The number of nitrogens with one attached hydrogen (secondary N) is 1.